The van der Waals surface area contributed by atoms with Crippen LogP contribution in [0.4, 0.5) is 10.1 Å². The SMILES string of the molecule is C[Si](C)(C)Oc1cc(F)c(C(=O)O)cc1N. The summed E-state index contributed by atoms with van der Waals surface area (Å²) in [5, 5.41) is 8.69. The van der Waals surface area contributed by atoms with Crippen molar-refractivity contribution < 1.29 is 18.7 Å². The predicted octanol–water partition coefficient (Wildman–Crippen LogP) is 2.32. The number of benzene rings is 1. The molecule has 0 bridgehead atoms. The average molecular weight is 243 g/mol. The molecule has 0 spiro atoms. The number of carboxylic acids is 1. The van der Waals surface area contributed by atoms with Gasteiger partial charge in [0.25, 0.3) is 0 Å². The number of nitrogens with two attached hydrogens (primary N) is 1. The number of aromatic carboxylic acids is 1. The Morgan fingerprint density at radius 2 is 2.00 bits per heavy atom. The van der Waals surface area contributed by atoms with Gasteiger partial charge in [0, 0.05) is 6.07 Å². The molecule has 16 heavy (non-hydrogen) atoms. The summed E-state index contributed by atoms with van der Waals surface area (Å²) in [6, 6.07) is 2.10. The molecule has 3 N–H and O–H groups in total. The van der Waals surface area contributed by atoms with E-state index in [9.17, 15) is 9.18 Å². The molecule has 0 atom stereocenters. The molecule has 0 aliphatic carbocycles. The molecule has 4 nitrogen and oxygen atoms in total. The first-order valence-corrected chi connectivity index (χ1v) is 8.13. The number of carbonyl (C=O) groups is 1. The van der Waals surface area contributed by atoms with Crippen LogP contribution in [0.2, 0.25) is 19.6 Å². The number of rotatable bonds is 3. The topological polar surface area (TPSA) is 72.5 Å². The molecule has 0 amide bonds. The molecular formula is C10H14FNO3Si. The largest absolute Gasteiger partial charge is 0.543 e. The van der Waals surface area contributed by atoms with Crippen LogP contribution < -0.4 is 10.2 Å². The molecular weight excluding hydrogens is 229 g/mol. The first-order chi connectivity index (χ1) is 7.20. The highest BCUT2D eigenvalue weighted by Gasteiger charge is 2.20. The van der Waals surface area contributed by atoms with Crippen LogP contribution in [0.5, 0.6) is 5.75 Å². The van der Waals surface area contributed by atoms with Crippen LogP contribution in [0.3, 0.4) is 0 Å². The Bertz CT molecular complexity index is 429. The molecule has 1 rings (SSSR count). The van der Waals surface area contributed by atoms with Crippen LogP contribution in [0, 0.1) is 5.82 Å². The van der Waals surface area contributed by atoms with Crippen molar-refractivity contribution >= 4 is 20.0 Å². The van der Waals surface area contributed by atoms with Gasteiger partial charge >= 0.3 is 5.97 Å². The first-order valence-electron chi connectivity index (χ1n) is 4.72. The normalized spacial score (nSPS) is 11.2. The molecule has 6 heteroatoms. The van der Waals surface area contributed by atoms with E-state index in [0.29, 0.717) is 0 Å². The zero-order chi connectivity index (χ0) is 12.5. The third kappa shape index (κ3) is 2.96. The zero-order valence-electron chi connectivity index (χ0n) is 9.37. The molecule has 88 valence electrons. The van der Waals surface area contributed by atoms with Crippen molar-refractivity contribution in [2.75, 3.05) is 5.73 Å². The molecule has 1 aromatic carbocycles. The van der Waals surface area contributed by atoms with Gasteiger partial charge in [-0.2, -0.15) is 0 Å². The number of carboxylic acid groups (broad SMARTS) is 1. The van der Waals surface area contributed by atoms with E-state index >= 15 is 0 Å². The van der Waals surface area contributed by atoms with Crippen molar-refractivity contribution in [3.8, 4) is 5.75 Å². The van der Waals surface area contributed by atoms with Crippen molar-refractivity contribution in [1.82, 2.24) is 0 Å². The summed E-state index contributed by atoms with van der Waals surface area (Å²) in [6.45, 7) is 5.78. The lowest BCUT2D eigenvalue weighted by Crippen LogP contribution is -2.29. The third-order valence-electron chi connectivity index (χ3n) is 1.75. The van der Waals surface area contributed by atoms with E-state index < -0.39 is 25.7 Å². The Morgan fingerprint density at radius 3 is 2.44 bits per heavy atom. The van der Waals surface area contributed by atoms with Gasteiger partial charge in [0.15, 0.2) is 0 Å². The van der Waals surface area contributed by atoms with Gasteiger partial charge in [-0.15, -0.1) is 0 Å². The van der Waals surface area contributed by atoms with Crippen LogP contribution in [-0.2, 0) is 0 Å². The van der Waals surface area contributed by atoms with Crippen molar-refractivity contribution in [1.29, 1.82) is 0 Å². The fraction of sp³-hybridized carbons (Fsp3) is 0.300. The van der Waals surface area contributed by atoms with E-state index in [2.05, 4.69) is 0 Å². The van der Waals surface area contributed by atoms with Gasteiger partial charge in [0.05, 0.1) is 11.3 Å². The fourth-order valence-electron chi connectivity index (χ4n) is 1.15. The van der Waals surface area contributed by atoms with Crippen molar-refractivity contribution in [2.24, 2.45) is 0 Å². The van der Waals surface area contributed by atoms with Crippen LogP contribution in [0.1, 0.15) is 10.4 Å². The molecule has 1 aromatic rings. The Labute approximate surface area is 94.0 Å². The minimum Gasteiger partial charge on any atom is -0.543 e. The average Bonchev–Trinajstić information content (AvgIpc) is 2.07. The smallest absolute Gasteiger partial charge is 0.338 e. The molecule has 0 unspecified atom stereocenters. The maximum atomic E-state index is 13.4. The molecule has 0 aliphatic rings. The summed E-state index contributed by atoms with van der Waals surface area (Å²) in [5.74, 6) is -1.97. The maximum absolute atomic E-state index is 13.4. The van der Waals surface area contributed by atoms with Crippen molar-refractivity contribution in [2.45, 2.75) is 19.6 Å². The summed E-state index contributed by atoms with van der Waals surface area (Å²) < 4.78 is 18.9. The molecule has 0 aliphatic heterocycles. The molecule has 0 aromatic heterocycles. The number of anilines is 1. The summed E-state index contributed by atoms with van der Waals surface area (Å²) >= 11 is 0. The molecule has 0 heterocycles. The lowest BCUT2D eigenvalue weighted by atomic mass is 10.2. The number of nitrogen functional groups attached to an aromatic ring is 1. The van der Waals surface area contributed by atoms with Gasteiger partial charge in [-0.25, -0.2) is 9.18 Å². The summed E-state index contributed by atoms with van der Waals surface area (Å²) in [6.07, 6.45) is 0. The van der Waals surface area contributed by atoms with E-state index in [1.54, 1.807) is 0 Å². The second-order valence-electron chi connectivity index (χ2n) is 4.39. The van der Waals surface area contributed by atoms with Crippen molar-refractivity contribution in [3.63, 3.8) is 0 Å². The zero-order valence-corrected chi connectivity index (χ0v) is 10.4. The number of hydrogen-bond donors (Lipinski definition) is 2. The number of halogens is 1. The molecule has 0 radical (unpaired) electrons. The van der Waals surface area contributed by atoms with Gasteiger partial charge in [-0.3, -0.25) is 0 Å². The summed E-state index contributed by atoms with van der Waals surface area (Å²) in [7, 11) is -1.89. The lowest BCUT2D eigenvalue weighted by molar-refractivity contribution is 0.0692. The van der Waals surface area contributed by atoms with Crippen molar-refractivity contribution in [3.05, 3.63) is 23.5 Å². The van der Waals surface area contributed by atoms with Gasteiger partial charge < -0.3 is 15.3 Å². The Kier molecular flexibility index (Phi) is 3.23. The second-order valence-corrected chi connectivity index (χ2v) is 8.82. The quantitative estimate of drug-likeness (QED) is 0.631. The van der Waals surface area contributed by atoms with E-state index in [1.165, 1.54) is 0 Å². The van der Waals surface area contributed by atoms with E-state index in [4.69, 9.17) is 15.3 Å². The Morgan fingerprint density at radius 1 is 1.44 bits per heavy atom. The second kappa shape index (κ2) is 4.13. The van der Waals surface area contributed by atoms with Crippen LogP contribution >= 0.6 is 0 Å². The van der Waals surface area contributed by atoms with Crippen LogP contribution in [-0.4, -0.2) is 19.4 Å². The molecule has 0 fully saturated rings. The minimum atomic E-state index is -1.89. The highest BCUT2D eigenvalue weighted by molar-refractivity contribution is 6.70. The van der Waals surface area contributed by atoms with Gasteiger partial charge in [0.2, 0.25) is 8.32 Å². The highest BCUT2D eigenvalue weighted by Crippen LogP contribution is 2.27. The van der Waals surface area contributed by atoms with E-state index in [-0.39, 0.29) is 11.4 Å². The minimum absolute atomic E-state index is 0.140. The van der Waals surface area contributed by atoms with Gasteiger partial charge in [-0.05, 0) is 25.7 Å². The summed E-state index contributed by atoms with van der Waals surface area (Å²) in [4.78, 5) is 10.6. The lowest BCUT2D eigenvalue weighted by Gasteiger charge is -2.20. The predicted molar refractivity (Wildman–Crippen MR) is 61.7 cm³/mol. The fourth-order valence-corrected chi connectivity index (χ4v) is 1.99. The van der Waals surface area contributed by atoms with E-state index in [0.717, 1.165) is 12.1 Å². The van der Waals surface area contributed by atoms with E-state index in [1.807, 2.05) is 19.6 Å². The number of hydrogen-bond acceptors (Lipinski definition) is 3. The van der Waals surface area contributed by atoms with Crippen LogP contribution in [0.15, 0.2) is 12.1 Å². The highest BCUT2D eigenvalue weighted by atomic mass is 28.4. The molecule has 0 saturated carbocycles. The Balaban J connectivity index is 3.16. The maximum Gasteiger partial charge on any atom is 0.338 e. The standard InChI is InChI=1S/C10H14FNO3Si/c1-16(2,3)15-9-5-7(11)6(10(13)14)4-8(9)12/h4-5H,12H2,1-3H3,(H,13,14). The summed E-state index contributed by atoms with van der Waals surface area (Å²) in [5.41, 5.74) is 5.30. The first kappa shape index (κ1) is 12.5. The molecule has 0 saturated heterocycles. The third-order valence-corrected chi connectivity index (χ3v) is 2.58. The van der Waals surface area contributed by atoms with Crippen LogP contribution in [0.25, 0.3) is 0 Å². The van der Waals surface area contributed by atoms with Gasteiger partial charge in [0.1, 0.15) is 11.6 Å². The monoisotopic (exact) mass is 243 g/mol. The van der Waals surface area contributed by atoms with Gasteiger partial charge in [-0.1, -0.05) is 0 Å². The Hall–Kier alpha value is -1.56.